The largest absolute Gasteiger partial charge is 0.481 e. The number of fused-ring (bicyclic) bond motifs is 1. The van der Waals surface area contributed by atoms with Crippen LogP contribution < -0.4 is 10.1 Å². The Hall–Kier alpha value is -3.74. The number of anilines is 1. The molecule has 1 aromatic heterocycles. The van der Waals surface area contributed by atoms with E-state index in [0.717, 1.165) is 28.1 Å². The number of nitro benzene ring substituents is 2. The number of rotatable bonds is 8. The molecule has 0 aliphatic rings. The summed E-state index contributed by atoms with van der Waals surface area (Å²) in [6.45, 7) is 3.48. The number of hydrogen-bond acceptors (Lipinski definition) is 9. The topological polar surface area (TPSA) is 138 Å². The van der Waals surface area contributed by atoms with Gasteiger partial charge in [-0.15, -0.1) is 11.3 Å². The molecule has 0 radical (unpaired) electrons. The highest BCUT2D eigenvalue weighted by molar-refractivity contribution is 8.01. The van der Waals surface area contributed by atoms with Crippen molar-refractivity contribution in [3.63, 3.8) is 0 Å². The van der Waals surface area contributed by atoms with Crippen LogP contribution in [-0.2, 0) is 4.79 Å². The Kier molecular flexibility index (Phi) is 7.38. The van der Waals surface area contributed by atoms with E-state index in [9.17, 15) is 25.0 Å². The molecule has 0 saturated heterocycles. The van der Waals surface area contributed by atoms with Crippen LogP contribution in [0.3, 0.4) is 0 Å². The second-order valence-electron chi connectivity index (χ2n) is 7.59. The molecule has 0 bridgehead atoms. The SMILES string of the molecule is Cc1cc(Cl)ccc1O[C@@H](C)C(=O)Nc1ccc2nc(Sc3ccc([N+](=O)[O-])cc3[N+](=O)[O-])sc2c1. The molecular formula is C23H17ClN4O6S2. The number of carbonyl (C=O) groups excluding carboxylic acids is 1. The van der Waals surface area contributed by atoms with Crippen LogP contribution in [0.15, 0.2) is 63.8 Å². The van der Waals surface area contributed by atoms with E-state index < -0.39 is 16.0 Å². The quantitative estimate of drug-likeness (QED) is 0.192. The minimum absolute atomic E-state index is 0.238. The minimum atomic E-state index is -0.768. The molecule has 0 aliphatic heterocycles. The third kappa shape index (κ3) is 5.73. The maximum absolute atomic E-state index is 12.7. The van der Waals surface area contributed by atoms with Gasteiger partial charge in [0.1, 0.15) is 5.75 Å². The van der Waals surface area contributed by atoms with Crippen LogP contribution in [-0.4, -0.2) is 26.8 Å². The van der Waals surface area contributed by atoms with Crippen LogP contribution in [0.25, 0.3) is 10.2 Å². The molecule has 4 aromatic rings. The van der Waals surface area contributed by atoms with E-state index >= 15 is 0 Å². The van der Waals surface area contributed by atoms with Crippen molar-refractivity contribution in [2.45, 2.75) is 29.2 Å². The average molecular weight is 545 g/mol. The third-order valence-electron chi connectivity index (χ3n) is 4.99. The van der Waals surface area contributed by atoms with Crippen LogP contribution in [0.5, 0.6) is 5.75 Å². The Balaban J connectivity index is 1.49. The van der Waals surface area contributed by atoms with E-state index in [-0.39, 0.29) is 22.2 Å². The minimum Gasteiger partial charge on any atom is -0.481 e. The summed E-state index contributed by atoms with van der Waals surface area (Å²) in [7, 11) is 0. The Bertz CT molecular complexity index is 1510. The van der Waals surface area contributed by atoms with E-state index in [1.807, 2.05) is 6.92 Å². The highest BCUT2D eigenvalue weighted by Gasteiger charge is 2.22. The molecule has 4 rings (SSSR count). The Morgan fingerprint density at radius 3 is 2.58 bits per heavy atom. The van der Waals surface area contributed by atoms with Gasteiger partial charge in [0.25, 0.3) is 17.3 Å². The molecule has 1 heterocycles. The normalized spacial score (nSPS) is 11.8. The molecule has 1 amide bonds. The number of halogens is 1. The summed E-state index contributed by atoms with van der Waals surface area (Å²) in [5.74, 6) is 0.214. The standard InChI is InChI=1S/C23H17ClN4O6S2/c1-12-9-14(24)3-7-19(12)34-13(2)22(29)25-15-4-6-17-21(10-15)36-23(26-17)35-20-8-5-16(27(30)31)11-18(20)28(32)33/h3-11,13H,1-2H3,(H,25,29)/t13-/m0/s1. The van der Waals surface area contributed by atoms with Crippen molar-refractivity contribution in [2.24, 2.45) is 0 Å². The zero-order valence-electron chi connectivity index (χ0n) is 18.8. The summed E-state index contributed by atoms with van der Waals surface area (Å²) in [6, 6.07) is 13.8. The number of aromatic nitrogens is 1. The predicted molar refractivity (Wildman–Crippen MR) is 138 cm³/mol. The van der Waals surface area contributed by atoms with E-state index in [1.165, 1.54) is 23.5 Å². The zero-order valence-corrected chi connectivity index (χ0v) is 21.1. The van der Waals surface area contributed by atoms with Gasteiger partial charge in [-0.3, -0.25) is 25.0 Å². The molecule has 13 heteroatoms. The van der Waals surface area contributed by atoms with Gasteiger partial charge < -0.3 is 10.1 Å². The number of nitro groups is 2. The molecule has 10 nitrogen and oxygen atoms in total. The molecule has 3 aromatic carbocycles. The number of amides is 1. The lowest BCUT2D eigenvalue weighted by molar-refractivity contribution is -0.396. The fourth-order valence-electron chi connectivity index (χ4n) is 3.20. The predicted octanol–water partition coefficient (Wildman–Crippen LogP) is 6.63. The number of thiazole rings is 1. The first kappa shape index (κ1) is 25.4. The van der Waals surface area contributed by atoms with E-state index in [4.69, 9.17) is 16.3 Å². The summed E-state index contributed by atoms with van der Waals surface area (Å²) in [5, 5.41) is 25.8. The maximum atomic E-state index is 12.7. The lowest BCUT2D eigenvalue weighted by Gasteiger charge is -2.16. The third-order valence-corrected chi connectivity index (χ3v) is 7.37. The van der Waals surface area contributed by atoms with Crippen LogP contribution in [0, 0.1) is 27.2 Å². The monoisotopic (exact) mass is 544 g/mol. The summed E-state index contributed by atoms with van der Waals surface area (Å²) >= 11 is 8.28. The summed E-state index contributed by atoms with van der Waals surface area (Å²) < 4.78 is 7.03. The van der Waals surface area contributed by atoms with E-state index in [0.29, 0.717) is 26.3 Å². The molecule has 1 N–H and O–H groups in total. The Morgan fingerprint density at radius 2 is 1.89 bits per heavy atom. The van der Waals surface area contributed by atoms with Gasteiger partial charge in [-0.1, -0.05) is 23.4 Å². The lowest BCUT2D eigenvalue weighted by atomic mass is 10.2. The first-order chi connectivity index (χ1) is 17.1. The molecular weight excluding hydrogens is 528 g/mol. The number of benzene rings is 3. The molecule has 0 spiro atoms. The van der Waals surface area contributed by atoms with Gasteiger partial charge in [0.05, 0.1) is 31.0 Å². The number of nitrogens with zero attached hydrogens (tertiary/aromatic N) is 3. The van der Waals surface area contributed by atoms with Gasteiger partial charge in [-0.05, 0) is 61.9 Å². The van der Waals surface area contributed by atoms with Crippen molar-refractivity contribution in [1.29, 1.82) is 0 Å². The van der Waals surface area contributed by atoms with Crippen molar-refractivity contribution >= 4 is 67.9 Å². The molecule has 36 heavy (non-hydrogen) atoms. The van der Waals surface area contributed by atoms with E-state index in [2.05, 4.69) is 10.3 Å². The van der Waals surface area contributed by atoms with Crippen LogP contribution >= 0.6 is 34.7 Å². The second kappa shape index (κ2) is 10.5. The maximum Gasteiger partial charge on any atom is 0.290 e. The number of aryl methyl sites for hydroxylation is 1. The first-order valence-electron chi connectivity index (χ1n) is 10.4. The molecule has 0 saturated carbocycles. The fourth-order valence-corrected chi connectivity index (χ4v) is 5.57. The van der Waals surface area contributed by atoms with Crippen molar-refractivity contribution in [3.05, 3.63) is 85.4 Å². The molecule has 0 aliphatic carbocycles. The molecule has 0 unspecified atom stereocenters. The highest BCUT2D eigenvalue weighted by Crippen LogP contribution is 2.40. The molecule has 1 atom stereocenters. The zero-order chi connectivity index (χ0) is 26.0. The van der Waals surface area contributed by atoms with E-state index in [1.54, 1.807) is 43.3 Å². The molecule has 0 fully saturated rings. The van der Waals surface area contributed by atoms with Crippen LogP contribution in [0.2, 0.25) is 5.02 Å². The number of carbonyl (C=O) groups is 1. The van der Waals surface area contributed by atoms with Crippen molar-refractivity contribution in [3.8, 4) is 5.75 Å². The van der Waals surface area contributed by atoms with Gasteiger partial charge in [-0.2, -0.15) is 0 Å². The Morgan fingerprint density at radius 1 is 1.11 bits per heavy atom. The highest BCUT2D eigenvalue weighted by atomic mass is 35.5. The summed E-state index contributed by atoms with van der Waals surface area (Å²) in [5.41, 5.74) is 1.27. The van der Waals surface area contributed by atoms with Gasteiger partial charge in [0.2, 0.25) is 0 Å². The number of ether oxygens (including phenoxy) is 1. The Labute approximate surface area is 217 Å². The number of nitrogens with one attached hydrogen (secondary N) is 1. The number of hydrogen-bond donors (Lipinski definition) is 1. The van der Waals surface area contributed by atoms with Gasteiger partial charge in [-0.25, -0.2) is 4.98 Å². The summed E-state index contributed by atoms with van der Waals surface area (Å²) in [4.78, 5) is 38.4. The van der Waals surface area contributed by atoms with Crippen LogP contribution in [0.1, 0.15) is 12.5 Å². The molecule has 184 valence electrons. The first-order valence-corrected chi connectivity index (χ1v) is 12.4. The summed E-state index contributed by atoms with van der Waals surface area (Å²) in [6.07, 6.45) is -0.768. The van der Waals surface area contributed by atoms with Crippen LogP contribution in [0.4, 0.5) is 17.1 Å². The van der Waals surface area contributed by atoms with Gasteiger partial charge in [0.15, 0.2) is 10.4 Å². The smallest absolute Gasteiger partial charge is 0.290 e. The fraction of sp³-hybridized carbons (Fsp3) is 0.130. The van der Waals surface area contributed by atoms with Crippen molar-refractivity contribution in [1.82, 2.24) is 4.98 Å². The average Bonchev–Trinajstić information content (AvgIpc) is 3.22. The van der Waals surface area contributed by atoms with Gasteiger partial charge >= 0.3 is 0 Å². The van der Waals surface area contributed by atoms with Crippen molar-refractivity contribution in [2.75, 3.05) is 5.32 Å². The second-order valence-corrected chi connectivity index (χ2v) is 10.3. The lowest BCUT2D eigenvalue weighted by Crippen LogP contribution is -2.30. The van der Waals surface area contributed by atoms with Gasteiger partial charge in [0, 0.05) is 16.8 Å². The van der Waals surface area contributed by atoms with Crippen molar-refractivity contribution < 1.29 is 19.4 Å². The number of non-ortho nitro benzene ring substituents is 1.